The van der Waals surface area contributed by atoms with Crippen molar-refractivity contribution >= 4 is 18.6 Å². The Bertz CT molecular complexity index is 223. The first kappa shape index (κ1) is 20.1. The number of unbranched alkanes of at least 4 members (excludes halogenated alkanes) is 3. The lowest BCUT2D eigenvalue weighted by atomic mass is 10.1. The minimum absolute atomic E-state index is 0.284. The van der Waals surface area contributed by atoms with E-state index in [1.807, 2.05) is 0 Å². The van der Waals surface area contributed by atoms with Crippen molar-refractivity contribution in [2.45, 2.75) is 69.8 Å². The average Bonchev–Trinajstić information content (AvgIpc) is 2.32. The zero-order valence-electron chi connectivity index (χ0n) is 12.3. The zero-order chi connectivity index (χ0) is 15.4. The van der Waals surface area contributed by atoms with Gasteiger partial charge in [0, 0.05) is 15.6 Å². The maximum Gasteiger partial charge on any atom is 0.616 e. The second kappa shape index (κ2) is 11.7. The zero-order valence-corrected chi connectivity index (χ0v) is 14.7. The lowest BCUT2D eigenvalue weighted by Crippen LogP contribution is -2.18. The molecule has 0 aromatic carbocycles. The summed E-state index contributed by atoms with van der Waals surface area (Å²) >= 11 is 0. The molecule has 0 rings (SSSR count). The Balaban J connectivity index is 3.41. The maximum absolute atomic E-state index is 13.5. The Morgan fingerprint density at radius 2 is 1.65 bits per heavy atom. The fourth-order valence-electron chi connectivity index (χ4n) is 2.31. The predicted molar refractivity (Wildman–Crippen MR) is 79.8 cm³/mol. The molecule has 0 nitrogen and oxygen atoms in total. The summed E-state index contributed by atoms with van der Waals surface area (Å²) in [5.41, 5.74) is 0. The molecule has 0 aliphatic carbocycles. The fourth-order valence-corrected chi connectivity index (χ4v) is 5.31. The highest BCUT2D eigenvalue weighted by Crippen LogP contribution is 2.24. The molecule has 20 heavy (non-hydrogen) atoms. The van der Waals surface area contributed by atoms with Crippen molar-refractivity contribution in [1.82, 2.24) is 0 Å². The molecule has 0 aromatic rings. The van der Waals surface area contributed by atoms with E-state index >= 15 is 0 Å². The molecule has 0 aromatic heterocycles. The van der Waals surface area contributed by atoms with E-state index in [-0.39, 0.29) is 12.6 Å². The summed E-state index contributed by atoms with van der Waals surface area (Å²) in [5.74, 6) is -0.284. The Kier molecular flexibility index (Phi) is 11.8. The highest BCUT2D eigenvalue weighted by atomic mass is 28.5. The molecule has 2 unspecified atom stereocenters. The molecule has 0 saturated heterocycles. The van der Waals surface area contributed by atoms with Crippen molar-refractivity contribution in [2.75, 3.05) is 6.67 Å². The number of hydrogen-bond acceptors (Lipinski definition) is 0. The van der Waals surface area contributed by atoms with Gasteiger partial charge in [0.25, 0.3) is 0 Å². The van der Waals surface area contributed by atoms with Gasteiger partial charge in [-0.05, 0) is 24.8 Å². The van der Waals surface area contributed by atoms with Crippen LogP contribution in [0.15, 0.2) is 0 Å². The molecule has 0 fully saturated rings. The predicted octanol–water partition coefficient (Wildman–Crippen LogP) is 5.12. The molecular formula is C13H27F5Si2. The molecule has 0 aliphatic rings. The minimum atomic E-state index is -5.42. The quantitative estimate of drug-likeness (QED) is 0.190. The van der Waals surface area contributed by atoms with Gasteiger partial charge in [0.05, 0.1) is 12.8 Å². The third-order valence-electron chi connectivity index (χ3n) is 3.45. The summed E-state index contributed by atoms with van der Waals surface area (Å²) in [6, 6.07) is 0.808. The van der Waals surface area contributed by atoms with Gasteiger partial charge in [0.2, 0.25) is 0 Å². The number of rotatable bonds is 13. The van der Waals surface area contributed by atoms with Gasteiger partial charge >= 0.3 is 9.08 Å². The lowest BCUT2D eigenvalue weighted by Gasteiger charge is -2.12. The van der Waals surface area contributed by atoms with E-state index < -0.39 is 30.8 Å². The first-order valence-electron chi connectivity index (χ1n) is 7.62. The van der Waals surface area contributed by atoms with Crippen LogP contribution in [0.1, 0.15) is 45.4 Å². The Labute approximate surface area is 122 Å². The highest BCUT2D eigenvalue weighted by Gasteiger charge is 2.37. The molecule has 0 spiro atoms. The van der Waals surface area contributed by atoms with Crippen molar-refractivity contribution in [2.24, 2.45) is 5.92 Å². The normalized spacial score (nSPS) is 15.9. The average molecular weight is 335 g/mol. The van der Waals surface area contributed by atoms with E-state index in [0.717, 1.165) is 25.3 Å². The summed E-state index contributed by atoms with van der Waals surface area (Å²) in [6.07, 6.45) is 3.39. The molecule has 0 aliphatic heterocycles. The standard InChI is InChI=1S/C13H27F5Si2/c1-12(11-20(16,17)18)7-9-19-10-13(15)6-4-2-3-5-8-14/h12-13H,2-11,19H2,1H3. The molecule has 0 bridgehead atoms. The summed E-state index contributed by atoms with van der Waals surface area (Å²) in [7, 11) is -5.98. The SMILES string of the molecule is CC(CC[SiH2]CC(F)CCCCCCF)C[Si](F)(F)F. The van der Waals surface area contributed by atoms with E-state index in [0.29, 0.717) is 25.3 Å². The lowest BCUT2D eigenvalue weighted by molar-refractivity contribution is 0.327. The van der Waals surface area contributed by atoms with Crippen LogP contribution in [0.3, 0.4) is 0 Å². The van der Waals surface area contributed by atoms with Crippen LogP contribution >= 0.6 is 0 Å². The van der Waals surface area contributed by atoms with Crippen LogP contribution in [0.25, 0.3) is 0 Å². The largest absolute Gasteiger partial charge is 0.616 e. The smallest absolute Gasteiger partial charge is 0.251 e. The van der Waals surface area contributed by atoms with Crippen LogP contribution in [-0.4, -0.2) is 31.4 Å². The van der Waals surface area contributed by atoms with Crippen molar-refractivity contribution in [3.8, 4) is 0 Å². The van der Waals surface area contributed by atoms with Gasteiger partial charge < -0.3 is 0 Å². The number of halogens is 5. The Morgan fingerprint density at radius 1 is 1.00 bits per heavy atom. The van der Waals surface area contributed by atoms with Gasteiger partial charge in [0.15, 0.2) is 0 Å². The van der Waals surface area contributed by atoms with Crippen LogP contribution < -0.4 is 0 Å². The van der Waals surface area contributed by atoms with E-state index in [1.165, 1.54) is 0 Å². The van der Waals surface area contributed by atoms with E-state index in [1.54, 1.807) is 6.92 Å². The van der Waals surface area contributed by atoms with Crippen molar-refractivity contribution < 1.29 is 21.1 Å². The van der Waals surface area contributed by atoms with Crippen molar-refractivity contribution in [1.29, 1.82) is 0 Å². The Morgan fingerprint density at radius 3 is 2.25 bits per heavy atom. The second-order valence-electron chi connectivity index (χ2n) is 5.70. The monoisotopic (exact) mass is 334 g/mol. The molecule has 0 heterocycles. The van der Waals surface area contributed by atoms with E-state index in [4.69, 9.17) is 0 Å². The van der Waals surface area contributed by atoms with Gasteiger partial charge in [0.1, 0.15) is 0 Å². The van der Waals surface area contributed by atoms with Crippen LogP contribution in [0.5, 0.6) is 0 Å². The third kappa shape index (κ3) is 14.5. The molecule has 2 atom stereocenters. The van der Waals surface area contributed by atoms with Crippen molar-refractivity contribution in [3.05, 3.63) is 0 Å². The van der Waals surface area contributed by atoms with E-state index in [2.05, 4.69) is 0 Å². The molecule has 0 N–H and O–H groups in total. The van der Waals surface area contributed by atoms with Crippen LogP contribution in [0.2, 0.25) is 18.1 Å². The summed E-state index contributed by atoms with van der Waals surface area (Å²) < 4.78 is 62.0. The maximum atomic E-state index is 13.5. The van der Waals surface area contributed by atoms with Gasteiger partial charge in [-0.3, -0.25) is 4.39 Å². The van der Waals surface area contributed by atoms with Gasteiger partial charge in [-0.1, -0.05) is 38.7 Å². The van der Waals surface area contributed by atoms with Gasteiger partial charge in [-0.2, -0.15) is 0 Å². The summed E-state index contributed by atoms with van der Waals surface area (Å²) in [5, 5.41) is 0. The molecule has 0 radical (unpaired) electrons. The highest BCUT2D eigenvalue weighted by molar-refractivity contribution is 6.58. The van der Waals surface area contributed by atoms with Crippen LogP contribution in [0.4, 0.5) is 21.1 Å². The van der Waals surface area contributed by atoms with Gasteiger partial charge in [-0.25, -0.2) is 16.7 Å². The third-order valence-corrected chi connectivity index (χ3v) is 6.55. The molecule has 7 heteroatoms. The van der Waals surface area contributed by atoms with E-state index in [9.17, 15) is 21.1 Å². The first-order valence-corrected chi connectivity index (χ1v) is 11.5. The van der Waals surface area contributed by atoms with Crippen LogP contribution in [-0.2, 0) is 0 Å². The number of alkyl halides is 2. The van der Waals surface area contributed by atoms with Crippen LogP contribution in [0, 0.1) is 5.92 Å². The summed E-state index contributed by atoms with van der Waals surface area (Å²) in [4.78, 5) is 0. The Hall–Kier alpha value is 0.0838. The second-order valence-corrected chi connectivity index (χ2v) is 9.33. The molecule has 0 amide bonds. The summed E-state index contributed by atoms with van der Waals surface area (Å²) in [6.45, 7) is 1.34. The molecule has 0 saturated carbocycles. The first-order chi connectivity index (χ1) is 9.35. The number of hydrogen-bond donors (Lipinski definition) is 0. The topological polar surface area (TPSA) is 0 Å². The van der Waals surface area contributed by atoms with Crippen molar-refractivity contribution in [3.63, 3.8) is 0 Å². The minimum Gasteiger partial charge on any atom is -0.251 e. The van der Waals surface area contributed by atoms with Gasteiger partial charge in [-0.15, -0.1) is 0 Å². The fraction of sp³-hybridized carbons (Fsp3) is 1.00. The molecular weight excluding hydrogens is 307 g/mol. The molecule has 122 valence electrons.